The van der Waals surface area contributed by atoms with Crippen molar-refractivity contribution < 1.29 is 25.6 Å². The Balaban J connectivity index is 0. The van der Waals surface area contributed by atoms with Crippen LogP contribution in [0.5, 0.6) is 0 Å². The Morgan fingerprint density at radius 2 is 2.00 bits per heavy atom. The molecule has 0 aliphatic rings. The summed E-state index contributed by atoms with van der Waals surface area (Å²) in [6.07, 6.45) is 0.704. The second-order valence-corrected chi connectivity index (χ2v) is 2.39. The molecule has 0 N–H and O–H groups in total. The van der Waals surface area contributed by atoms with Gasteiger partial charge in [-0.1, -0.05) is 6.66 Å². The second-order valence-electron chi connectivity index (χ2n) is 0.798. The molecule has 0 aliphatic heterocycles. The molecule has 0 radical (unpaired) electrons. The minimum Gasteiger partial charge on any atom is -0.113 e. The van der Waals surface area contributed by atoms with Gasteiger partial charge in [0.05, 0.1) is 0 Å². The quantitative estimate of drug-likeness (QED) is 0.524. The van der Waals surface area contributed by atoms with Gasteiger partial charge in [-0.15, -0.1) is 4.57 Å². The predicted molar refractivity (Wildman–Crippen MR) is 23.5 cm³/mol. The third kappa shape index (κ3) is 8.84. The third-order valence-electron chi connectivity index (χ3n) is 0.353. The second kappa shape index (κ2) is 5.79. The molecule has 34 valence electrons. The van der Waals surface area contributed by atoms with Crippen molar-refractivity contribution in [1.82, 2.24) is 0 Å². The van der Waals surface area contributed by atoms with Crippen LogP contribution in [0.15, 0.2) is 0 Å². The zero-order valence-corrected chi connectivity index (χ0v) is 7.51. The van der Waals surface area contributed by atoms with Gasteiger partial charge in [0.15, 0.2) is 7.80 Å². The molecule has 0 aliphatic carbocycles. The molecule has 0 saturated heterocycles. The zero-order chi connectivity index (χ0) is 4.28. The zero-order valence-electron chi connectivity index (χ0n) is 3.68. The molecule has 0 rings (SSSR count). The van der Waals surface area contributed by atoms with E-state index in [0.29, 0.717) is 6.16 Å². The smallest absolute Gasteiger partial charge is 0.113 e. The van der Waals surface area contributed by atoms with Crippen LogP contribution < -0.4 is 0 Å². The number of hydrogen-bond donors (Lipinski definition) is 0. The van der Waals surface area contributed by atoms with Gasteiger partial charge in [-0.25, -0.2) is 0 Å². The summed E-state index contributed by atoms with van der Waals surface area (Å²) in [5.74, 6) is 0. The maximum Gasteiger partial charge on any atom is 2.00 e. The van der Waals surface area contributed by atoms with Gasteiger partial charge in [-0.05, 0) is 6.92 Å². The average Bonchev–Trinajstić information content (AvgIpc) is 1.38. The summed E-state index contributed by atoms with van der Waals surface area (Å²) in [5, 5.41) is 0. The molecule has 0 bridgehead atoms. The summed E-state index contributed by atoms with van der Waals surface area (Å²) in [4.78, 5) is 0. The van der Waals surface area contributed by atoms with Crippen molar-refractivity contribution in [3.05, 3.63) is 6.66 Å². The summed E-state index contributed by atoms with van der Waals surface area (Å²) < 4.78 is 9.85. The van der Waals surface area contributed by atoms with E-state index in [9.17, 15) is 4.57 Å². The Morgan fingerprint density at radius 3 is 2.00 bits per heavy atom. The fourth-order valence-electron chi connectivity index (χ4n) is 0. The molecule has 0 saturated carbocycles. The maximum absolute atomic E-state index is 9.85. The first kappa shape index (κ1) is 9.92. The monoisotopic (exact) mass is 274 g/mol. The van der Waals surface area contributed by atoms with Gasteiger partial charge in [-0.3, -0.25) is 0 Å². The molecule has 3 heteroatoms. The minimum absolute atomic E-state index is 0. The van der Waals surface area contributed by atoms with Crippen LogP contribution in [-0.2, 0) is 25.6 Å². The van der Waals surface area contributed by atoms with Gasteiger partial charge in [0.25, 0.3) is 0 Å². The van der Waals surface area contributed by atoms with Crippen LogP contribution in [0, 0.1) is 6.66 Å². The van der Waals surface area contributed by atoms with Crippen molar-refractivity contribution in [2.75, 3.05) is 6.16 Å². The summed E-state index contributed by atoms with van der Waals surface area (Å²) >= 11 is 0. The van der Waals surface area contributed by atoms with Crippen LogP contribution in [-0.4, -0.2) is 6.16 Å². The van der Waals surface area contributed by atoms with Crippen LogP contribution in [0.2, 0.25) is 0 Å². The molecule has 0 spiro atoms. The summed E-state index contributed by atoms with van der Waals surface area (Å²) in [6.45, 7) is 5.12. The number of hydrogen-bond acceptors (Lipinski definition) is 1. The molecular weight excluding hydrogens is 267 g/mol. The van der Waals surface area contributed by atoms with E-state index in [1.54, 1.807) is 0 Å². The fourth-order valence-corrected chi connectivity index (χ4v) is 0. The van der Waals surface area contributed by atoms with E-state index in [1.165, 1.54) is 0 Å². The van der Waals surface area contributed by atoms with E-state index in [2.05, 4.69) is 6.66 Å². The topological polar surface area (TPSA) is 17.1 Å². The molecule has 6 heavy (non-hydrogen) atoms. The van der Waals surface area contributed by atoms with E-state index in [0.717, 1.165) is 0 Å². The molecule has 1 atom stereocenters. The maximum atomic E-state index is 9.85. The minimum atomic E-state index is -1.10. The van der Waals surface area contributed by atoms with Gasteiger partial charge in [-0.2, -0.15) is 0 Å². The van der Waals surface area contributed by atoms with Crippen molar-refractivity contribution in [1.29, 1.82) is 0 Å². The van der Waals surface area contributed by atoms with E-state index in [1.807, 2.05) is 6.92 Å². The molecule has 0 amide bonds. The average molecular weight is 274 g/mol. The van der Waals surface area contributed by atoms with Crippen LogP contribution in [0.4, 0.5) is 0 Å². The normalized spacial score (nSPS) is 9.33. The van der Waals surface area contributed by atoms with Crippen molar-refractivity contribution in [2.24, 2.45) is 0 Å². The van der Waals surface area contributed by atoms with E-state index >= 15 is 0 Å². The molecule has 0 aromatic heterocycles. The van der Waals surface area contributed by atoms with E-state index in [4.69, 9.17) is 0 Å². The van der Waals surface area contributed by atoms with Gasteiger partial charge in [0, 0.05) is 0 Å². The van der Waals surface area contributed by atoms with E-state index < -0.39 is 7.80 Å². The SMILES string of the molecule is [CH2-][P+](=O)CC.[W+2]. The van der Waals surface area contributed by atoms with Crippen molar-refractivity contribution in [3.8, 4) is 0 Å². The molecule has 0 aromatic carbocycles. The third-order valence-corrected chi connectivity index (χ3v) is 1.06. The van der Waals surface area contributed by atoms with Crippen molar-refractivity contribution in [2.45, 2.75) is 6.92 Å². The Labute approximate surface area is 53.6 Å². The molecule has 0 aromatic rings. The molecule has 1 nitrogen and oxygen atoms in total. The summed E-state index contributed by atoms with van der Waals surface area (Å²) in [7, 11) is -1.10. The first-order valence-corrected chi connectivity index (χ1v) is 3.15. The standard InChI is InChI=1S/C3H7OP.W/c1-3-5(2)4;/h2-3H2,1H3;/q;+2. The molecule has 0 heterocycles. The molecule has 1 unspecified atom stereocenters. The summed E-state index contributed by atoms with van der Waals surface area (Å²) in [6, 6.07) is 0. The Hall–Kier alpha value is 0.788. The summed E-state index contributed by atoms with van der Waals surface area (Å²) in [5.41, 5.74) is 0. The van der Waals surface area contributed by atoms with Crippen LogP contribution in [0.25, 0.3) is 0 Å². The van der Waals surface area contributed by atoms with Crippen molar-refractivity contribution >= 4 is 7.80 Å². The van der Waals surface area contributed by atoms with Gasteiger partial charge in [0.1, 0.15) is 6.16 Å². The number of rotatable bonds is 1. The fraction of sp³-hybridized carbons (Fsp3) is 0.667. The van der Waals surface area contributed by atoms with E-state index in [-0.39, 0.29) is 21.1 Å². The molecule has 0 fully saturated rings. The first-order chi connectivity index (χ1) is 2.27. The van der Waals surface area contributed by atoms with Gasteiger partial charge in [0.2, 0.25) is 0 Å². The van der Waals surface area contributed by atoms with Gasteiger partial charge >= 0.3 is 21.1 Å². The Kier molecular flexibility index (Phi) is 9.57. The van der Waals surface area contributed by atoms with Crippen molar-refractivity contribution in [3.63, 3.8) is 0 Å². The molecular formula is C3H7OPW+2. The largest absolute Gasteiger partial charge is 2.00 e. The predicted octanol–water partition coefficient (Wildman–Crippen LogP) is 1.62. The van der Waals surface area contributed by atoms with Gasteiger partial charge < -0.3 is 0 Å². The Bertz CT molecular complexity index is 46.1. The Morgan fingerprint density at radius 1 is 1.83 bits per heavy atom. The van der Waals surface area contributed by atoms with Crippen LogP contribution in [0.1, 0.15) is 6.92 Å². The van der Waals surface area contributed by atoms with Crippen LogP contribution >= 0.6 is 7.80 Å². The van der Waals surface area contributed by atoms with Crippen LogP contribution in [0.3, 0.4) is 0 Å². The first-order valence-electron chi connectivity index (χ1n) is 1.52.